The monoisotopic (exact) mass is 344 g/mol. The van der Waals surface area contributed by atoms with Gasteiger partial charge in [-0.1, -0.05) is 17.7 Å². The summed E-state index contributed by atoms with van der Waals surface area (Å²) in [7, 11) is 3.37. The molecule has 4 nitrogen and oxygen atoms in total. The van der Waals surface area contributed by atoms with E-state index >= 15 is 0 Å². The molecular weight excluding hydrogens is 319 g/mol. The number of likely N-dealkylation sites (N-methyl/N-ethyl adjacent to an activating group) is 1. The maximum Gasteiger partial charge on any atom is 0.238 e. The molecule has 1 N–H and O–H groups in total. The predicted octanol–water partition coefficient (Wildman–Crippen LogP) is 3.83. The number of methoxy groups -OCH3 is 1. The Morgan fingerprint density at radius 1 is 1.16 bits per heavy atom. The topological polar surface area (TPSA) is 41.6 Å². The second kappa shape index (κ2) is 8.12. The first-order chi connectivity index (χ1) is 11.8. The number of hydrogen-bond donors (Lipinski definition) is 1. The Labute approximate surface area is 148 Å². The minimum atomic E-state index is -0.320. The number of nitrogens with one attached hydrogen (secondary N) is 1. The third kappa shape index (κ3) is 5.03. The van der Waals surface area contributed by atoms with Gasteiger partial charge >= 0.3 is 0 Å². The van der Waals surface area contributed by atoms with Crippen LogP contribution in [0, 0.1) is 26.6 Å². The number of hydrogen-bond acceptors (Lipinski definition) is 3. The highest BCUT2D eigenvalue weighted by molar-refractivity contribution is 5.93. The summed E-state index contributed by atoms with van der Waals surface area (Å²) in [5.41, 5.74) is 4.82. The van der Waals surface area contributed by atoms with Gasteiger partial charge in [0, 0.05) is 17.8 Å². The van der Waals surface area contributed by atoms with E-state index < -0.39 is 0 Å². The first kappa shape index (κ1) is 18.9. The number of nitrogens with zero attached hydrogens (tertiary/aromatic N) is 1. The molecule has 25 heavy (non-hydrogen) atoms. The summed E-state index contributed by atoms with van der Waals surface area (Å²) in [5.74, 6) is 0.186. The molecule has 2 aromatic carbocycles. The number of carbonyl (C=O) groups excluding carboxylic acids is 1. The number of benzene rings is 2. The SMILES string of the molecule is COc1ccc(F)cc1CN(C)CC(=O)Nc1c(C)cc(C)cc1C. The molecule has 0 aromatic heterocycles. The van der Waals surface area contributed by atoms with Gasteiger partial charge in [0.05, 0.1) is 13.7 Å². The van der Waals surface area contributed by atoms with E-state index in [0.717, 1.165) is 16.8 Å². The number of carbonyl (C=O) groups is 1. The number of amides is 1. The van der Waals surface area contributed by atoms with E-state index in [1.54, 1.807) is 13.2 Å². The Hall–Kier alpha value is -2.40. The lowest BCUT2D eigenvalue weighted by Gasteiger charge is -2.19. The van der Waals surface area contributed by atoms with Crippen molar-refractivity contribution in [3.05, 3.63) is 58.4 Å². The first-order valence-corrected chi connectivity index (χ1v) is 8.18. The van der Waals surface area contributed by atoms with Crippen molar-refractivity contribution >= 4 is 11.6 Å². The molecule has 0 aliphatic rings. The Morgan fingerprint density at radius 2 is 1.80 bits per heavy atom. The third-order valence-electron chi connectivity index (χ3n) is 4.04. The quantitative estimate of drug-likeness (QED) is 0.866. The van der Waals surface area contributed by atoms with Gasteiger partial charge in [0.1, 0.15) is 11.6 Å². The van der Waals surface area contributed by atoms with Crippen molar-refractivity contribution in [3.63, 3.8) is 0 Å². The minimum absolute atomic E-state index is 0.104. The summed E-state index contributed by atoms with van der Waals surface area (Å²) in [6, 6.07) is 8.48. The smallest absolute Gasteiger partial charge is 0.238 e. The Balaban J connectivity index is 2.03. The van der Waals surface area contributed by atoms with E-state index in [-0.39, 0.29) is 18.3 Å². The van der Waals surface area contributed by atoms with Crippen molar-refractivity contribution in [2.24, 2.45) is 0 Å². The van der Waals surface area contributed by atoms with E-state index in [1.165, 1.54) is 17.7 Å². The molecule has 2 rings (SSSR count). The zero-order chi connectivity index (χ0) is 18.6. The summed E-state index contributed by atoms with van der Waals surface area (Å²) in [5, 5.41) is 2.98. The Bertz CT molecular complexity index is 751. The first-order valence-electron chi connectivity index (χ1n) is 8.18. The molecule has 0 atom stereocenters. The van der Waals surface area contributed by atoms with Gasteiger partial charge in [0.15, 0.2) is 0 Å². The second-order valence-electron chi connectivity index (χ2n) is 6.45. The van der Waals surface area contributed by atoms with Crippen LogP contribution in [0.15, 0.2) is 30.3 Å². The third-order valence-corrected chi connectivity index (χ3v) is 4.04. The molecule has 0 unspecified atom stereocenters. The largest absolute Gasteiger partial charge is 0.496 e. The van der Waals surface area contributed by atoms with Gasteiger partial charge in [-0.3, -0.25) is 9.69 Å². The van der Waals surface area contributed by atoms with Gasteiger partial charge in [0.25, 0.3) is 0 Å². The summed E-state index contributed by atoms with van der Waals surface area (Å²) in [6.45, 7) is 6.62. The van der Waals surface area contributed by atoms with Gasteiger partial charge in [-0.2, -0.15) is 0 Å². The zero-order valence-electron chi connectivity index (χ0n) is 15.4. The zero-order valence-corrected chi connectivity index (χ0v) is 15.4. The van der Waals surface area contributed by atoms with E-state index in [9.17, 15) is 9.18 Å². The van der Waals surface area contributed by atoms with Crippen LogP contribution in [0.25, 0.3) is 0 Å². The molecule has 0 saturated heterocycles. The average Bonchev–Trinajstić information content (AvgIpc) is 2.51. The van der Waals surface area contributed by atoms with Crippen molar-refractivity contribution in [1.29, 1.82) is 0 Å². The molecular formula is C20H25FN2O2. The molecule has 0 radical (unpaired) electrons. The van der Waals surface area contributed by atoms with E-state index in [0.29, 0.717) is 17.9 Å². The van der Waals surface area contributed by atoms with Crippen LogP contribution in [0.4, 0.5) is 10.1 Å². The van der Waals surface area contributed by atoms with Crippen LogP contribution in [-0.2, 0) is 11.3 Å². The highest BCUT2D eigenvalue weighted by atomic mass is 19.1. The van der Waals surface area contributed by atoms with Crippen LogP contribution >= 0.6 is 0 Å². The number of rotatable bonds is 6. The van der Waals surface area contributed by atoms with Gasteiger partial charge in [-0.15, -0.1) is 0 Å². The van der Waals surface area contributed by atoms with E-state index in [2.05, 4.69) is 5.32 Å². The molecule has 0 spiro atoms. The van der Waals surface area contributed by atoms with Crippen LogP contribution in [0.3, 0.4) is 0 Å². The van der Waals surface area contributed by atoms with Crippen molar-refractivity contribution in [3.8, 4) is 5.75 Å². The fraction of sp³-hybridized carbons (Fsp3) is 0.350. The molecule has 134 valence electrons. The number of halogens is 1. The minimum Gasteiger partial charge on any atom is -0.496 e. The fourth-order valence-corrected chi connectivity index (χ4v) is 3.02. The standard InChI is InChI=1S/C20H25FN2O2/c1-13-8-14(2)20(15(3)9-13)22-19(24)12-23(4)11-16-10-17(21)6-7-18(16)25-5/h6-10H,11-12H2,1-5H3,(H,22,24). The lowest BCUT2D eigenvalue weighted by molar-refractivity contribution is -0.117. The molecule has 0 fully saturated rings. The molecule has 1 amide bonds. The fourth-order valence-electron chi connectivity index (χ4n) is 3.02. The van der Waals surface area contributed by atoms with Gasteiger partial charge in [-0.25, -0.2) is 4.39 Å². The van der Waals surface area contributed by atoms with Crippen LogP contribution in [0.1, 0.15) is 22.3 Å². The molecule has 2 aromatic rings. The second-order valence-corrected chi connectivity index (χ2v) is 6.45. The summed E-state index contributed by atoms with van der Waals surface area (Å²) in [6.07, 6.45) is 0. The molecule has 0 saturated carbocycles. The van der Waals surface area contributed by atoms with Gasteiger partial charge < -0.3 is 10.1 Å². The average molecular weight is 344 g/mol. The number of anilines is 1. The van der Waals surface area contributed by atoms with E-state index in [1.807, 2.05) is 44.9 Å². The van der Waals surface area contributed by atoms with Crippen molar-refractivity contribution in [2.45, 2.75) is 27.3 Å². The maximum atomic E-state index is 13.5. The summed E-state index contributed by atoms with van der Waals surface area (Å²) >= 11 is 0. The molecule has 5 heteroatoms. The molecule has 0 bridgehead atoms. The van der Waals surface area contributed by atoms with Crippen molar-refractivity contribution in [1.82, 2.24) is 4.90 Å². The molecule has 0 aliphatic heterocycles. The van der Waals surface area contributed by atoms with Crippen LogP contribution in [0.5, 0.6) is 5.75 Å². The Kier molecular flexibility index (Phi) is 6.15. The highest BCUT2D eigenvalue weighted by Crippen LogP contribution is 2.23. The highest BCUT2D eigenvalue weighted by Gasteiger charge is 2.13. The normalized spacial score (nSPS) is 10.8. The summed E-state index contributed by atoms with van der Waals surface area (Å²) in [4.78, 5) is 14.2. The van der Waals surface area contributed by atoms with E-state index in [4.69, 9.17) is 4.74 Å². The maximum absolute atomic E-state index is 13.5. The summed E-state index contributed by atoms with van der Waals surface area (Å²) < 4.78 is 18.7. The lowest BCUT2D eigenvalue weighted by atomic mass is 10.1. The number of ether oxygens (including phenoxy) is 1. The Morgan fingerprint density at radius 3 is 2.40 bits per heavy atom. The predicted molar refractivity (Wildman–Crippen MR) is 98.6 cm³/mol. The lowest BCUT2D eigenvalue weighted by Crippen LogP contribution is -2.30. The van der Waals surface area contributed by atoms with Crippen LogP contribution in [0.2, 0.25) is 0 Å². The van der Waals surface area contributed by atoms with Gasteiger partial charge in [-0.05, 0) is 57.1 Å². The van der Waals surface area contributed by atoms with Crippen LogP contribution in [-0.4, -0.2) is 31.5 Å². The van der Waals surface area contributed by atoms with Crippen molar-refractivity contribution in [2.75, 3.05) is 26.0 Å². The van der Waals surface area contributed by atoms with Crippen molar-refractivity contribution < 1.29 is 13.9 Å². The molecule has 0 aliphatic carbocycles. The number of aryl methyl sites for hydroxylation is 3. The van der Waals surface area contributed by atoms with Crippen LogP contribution < -0.4 is 10.1 Å². The van der Waals surface area contributed by atoms with Gasteiger partial charge in [0.2, 0.25) is 5.91 Å². The molecule has 0 heterocycles.